The van der Waals surface area contributed by atoms with Crippen LogP contribution in [0.2, 0.25) is 0 Å². The summed E-state index contributed by atoms with van der Waals surface area (Å²) in [6.07, 6.45) is 9.15. The monoisotopic (exact) mass is 405 g/mol. The van der Waals surface area contributed by atoms with E-state index in [2.05, 4.69) is 42.0 Å². The predicted molar refractivity (Wildman–Crippen MR) is 117 cm³/mol. The van der Waals surface area contributed by atoms with Crippen LogP contribution < -0.4 is 4.90 Å². The first kappa shape index (κ1) is 20.0. The van der Waals surface area contributed by atoms with E-state index in [4.69, 9.17) is 0 Å². The van der Waals surface area contributed by atoms with Crippen molar-refractivity contribution in [2.24, 2.45) is 5.92 Å². The van der Waals surface area contributed by atoms with Gasteiger partial charge in [-0.3, -0.25) is 0 Å². The molecule has 2 aromatic rings. The number of anilines is 1. The molecule has 1 aromatic carbocycles. The van der Waals surface area contributed by atoms with E-state index in [0.717, 1.165) is 35.0 Å². The Morgan fingerprint density at radius 2 is 2.00 bits per heavy atom. The van der Waals surface area contributed by atoms with Crippen molar-refractivity contribution in [3.63, 3.8) is 0 Å². The van der Waals surface area contributed by atoms with Crippen LogP contribution in [-0.2, 0) is 6.42 Å². The van der Waals surface area contributed by atoms with Crippen molar-refractivity contribution in [1.29, 1.82) is 5.26 Å². The zero-order valence-corrected chi connectivity index (χ0v) is 17.7. The first-order valence-corrected chi connectivity index (χ1v) is 11.4. The number of aryl methyl sites for hydroxylation is 1. The lowest BCUT2D eigenvalue weighted by molar-refractivity contribution is 0.187. The molecule has 0 bridgehead atoms. The van der Waals surface area contributed by atoms with Crippen LogP contribution in [0.5, 0.6) is 0 Å². The van der Waals surface area contributed by atoms with Gasteiger partial charge in [-0.15, -0.1) is 11.3 Å². The van der Waals surface area contributed by atoms with E-state index in [1.807, 2.05) is 23.2 Å². The number of aliphatic hydroxyl groups excluding tert-OH is 1. The zero-order valence-electron chi connectivity index (χ0n) is 16.8. The highest BCUT2D eigenvalue weighted by atomic mass is 32.1. The molecule has 2 aliphatic rings. The van der Waals surface area contributed by atoms with Gasteiger partial charge in [-0.25, -0.2) is 4.98 Å². The van der Waals surface area contributed by atoms with E-state index in [9.17, 15) is 10.4 Å². The molecule has 150 valence electrons. The van der Waals surface area contributed by atoms with Crippen LogP contribution in [0.3, 0.4) is 0 Å². The molecule has 1 saturated heterocycles. The number of hydrogen-bond acceptors (Lipinski definition) is 5. The van der Waals surface area contributed by atoms with Crippen LogP contribution in [-0.4, -0.2) is 28.8 Å². The molecule has 1 N–H and O–H groups in total. The second-order valence-corrected chi connectivity index (χ2v) is 9.09. The minimum absolute atomic E-state index is 0.00678. The Balaban J connectivity index is 1.47. The average molecular weight is 406 g/mol. The highest BCUT2D eigenvalue weighted by Crippen LogP contribution is 2.44. The SMILES string of the molecule is CCc1cnc(N2[C@H](CO)[C@@H](c3ccc(C#CCC4CCCC4)cc3)[C@@H]2C#N)s1. The quantitative estimate of drug-likeness (QED) is 0.745. The van der Waals surface area contributed by atoms with Crippen LogP contribution in [0, 0.1) is 29.1 Å². The number of thiazole rings is 1. The lowest BCUT2D eigenvalue weighted by atomic mass is 9.76. The smallest absolute Gasteiger partial charge is 0.186 e. The fraction of sp³-hybridized carbons (Fsp3) is 0.500. The summed E-state index contributed by atoms with van der Waals surface area (Å²) in [4.78, 5) is 7.65. The van der Waals surface area contributed by atoms with Gasteiger partial charge in [-0.1, -0.05) is 43.7 Å². The molecule has 0 spiro atoms. The molecule has 2 fully saturated rings. The number of rotatable bonds is 5. The van der Waals surface area contributed by atoms with E-state index >= 15 is 0 Å². The molecule has 5 heteroatoms. The van der Waals surface area contributed by atoms with E-state index in [1.165, 1.54) is 30.6 Å². The molecule has 2 heterocycles. The summed E-state index contributed by atoms with van der Waals surface area (Å²) in [6, 6.07) is 10.2. The second kappa shape index (κ2) is 8.99. The summed E-state index contributed by atoms with van der Waals surface area (Å²) < 4.78 is 0. The van der Waals surface area contributed by atoms with Gasteiger partial charge in [0, 0.05) is 29.0 Å². The Labute approximate surface area is 177 Å². The lowest BCUT2D eigenvalue weighted by Gasteiger charge is -2.51. The van der Waals surface area contributed by atoms with Crippen LogP contribution in [0.25, 0.3) is 0 Å². The summed E-state index contributed by atoms with van der Waals surface area (Å²) >= 11 is 1.61. The van der Waals surface area contributed by atoms with Gasteiger partial charge >= 0.3 is 0 Å². The molecule has 0 radical (unpaired) electrons. The van der Waals surface area contributed by atoms with Crippen LogP contribution >= 0.6 is 11.3 Å². The molecule has 0 amide bonds. The number of benzene rings is 1. The molecule has 1 aliphatic carbocycles. The van der Waals surface area contributed by atoms with Gasteiger partial charge in [0.2, 0.25) is 0 Å². The standard InChI is InChI=1S/C24H27N3OS/c1-2-20-15-26-24(29-20)27-21(14-25)23(22(27)16-28)19-12-10-18(11-13-19)9-5-8-17-6-3-4-7-17/h10-13,15,17,21-23,28H,2-4,6-8,16H2,1H3/t21-,22+,23-/m0/s1. The third-order valence-corrected chi connectivity index (χ3v) is 7.39. The molecule has 0 unspecified atom stereocenters. The van der Waals surface area contributed by atoms with Crippen molar-refractivity contribution in [3.8, 4) is 17.9 Å². The molecule has 1 saturated carbocycles. The maximum absolute atomic E-state index is 10.0. The Morgan fingerprint density at radius 3 is 2.62 bits per heavy atom. The number of aliphatic hydroxyl groups is 1. The Morgan fingerprint density at radius 1 is 1.24 bits per heavy atom. The Hall–Kier alpha value is -2.34. The number of nitrogens with zero attached hydrogens (tertiary/aromatic N) is 3. The molecule has 1 aliphatic heterocycles. The molecule has 4 nitrogen and oxygen atoms in total. The van der Waals surface area contributed by atoms with Gasteiger partial charge in [-0.2, -0.15) is 5.26 Å². The highest BCUT2D eigenvalue weighted by molar-refractivity contribution is 7.15. The van der Waals surface area contributed by atoms with E-state index < -0.39 is 0 Å². The largest absolute Gasteiger partial charge is 0.394 e. The minimum atomic E-state index is -0.303. The normalized spacial score (nSPS) is 23.9. The molecule has 29 heavy (non-hydrogen) atoms. The van der Waals surface area contributed by atoms with Crippen molar-refractivity contribution >= 4 is 16.5 Å². The first-order chi connectivity index (χ1) is 14.2. The maximum Gasteiger partial charge on any atom is 0.186 e. The zero-order chi connectivity index (χ0) is 20.2. The predicted octanol–water partition coefficient (Wildman–Crippen LogP) is 4.49. The Bertz CT molecular complexity index is 928. The summed E-state index contributed by atoms with van der Waals surface area (Å²) in [7, 11) is 0. The topological polar surface area (TPSA) is 60.1 Å². The number of nitriles is 1. The van der Waals surface area contributed by atoms with Crippen LogP contribution in [0.1, 0.15) is 60.9 Å². The number of hydrogen-bond donors (Lipinski definition) is 1. The van der Waals surface area contributed by atoms with Gasteiger partial charge in [0.25, 0.3) is 0 Å². The molecular weight excluding hydrogens is 378 g/mol. The van der Waals surface area contributed by atoms with Gasteiger partial charge in [0.05, 0.1) is 18.7 Å². The summed E-state index contributed by atoms with van der Waals surface area (Å²) in [5.41, 5.74) is 2.10. The summed E-state index contributed by atoms with van der Waals surface area (Å²) in [5, 5.41) is 20.6. The highest BCUT2D eigenvalue weighted by Gasteiger charge is 2.50. The van der Waals surface area contributed by atoms with E-state index in [-0.39, 0.29) is 24.6 Å². The lowest BCUT2D eigenvalue weighted by Crippen LogP contribution is -2.63. The second-order valence-electron chi connectivity index (χ2n) is 8.00. The van der Waals surface area contributed by atoms with Crippen LogP contribution in [0.4, 0.5) is 5.13 Å². The maximum atomic E-state index is 10.0. The molecule has 1 aromatic heterocycles. The van der Waals surface area contributed by atoms with Gasteiger partial charge in [0.1, 0.15) is 6.04 Å². The van der Waals surface area contributed by atoms with Crippen LogP contribution in [0.15, 0.2) is 30.5 Å². The minimum Gasteiger partial charge on any atom is -0.394 e. The van der Waals surface area contributed by atoms with Crippen molar-refractivity contribution < 1.29 is 5.11 Å². The van der Waals surface area contributed by atoms with Crippen molar-refractivity contribution in [2.75, 3.05) is 11.5 Å². The molecular formula is C24H27N3OS. The fourth-order valence-corrected chi connectivity index (χ4v) is 5.50. The van der Waals surface area contributed by atoms with Gasteiger partial charge in [0.15, 0.2) is 5.13 Å². The molecule has 3 atom stereocenters. The van der Waals surface area contributed by atoms with E-state index in [1.54, 1.807) is 11.3 Å². The first-order valence-electron chi connectivity index (χ1n) is 10.6. The third-order valence-electron chi connectivity index (χ3n) is 6.24. The van der Waals surface area contributed by atoms with Gasteiger partial charge in [-0.05, 0) is 42.9 Å². The number of aromatic nitrogens is 1. The summed E-state index contributed by atoms with van der Waals surface area (Å²) in [6.45, 7) is 2.10. The van der Waals surface area contributed by atoms with Crippen molar-refractivity contribution in [2.45, 2.75) is 63.5 Å². The molecule has 4 rings (SSSR count). The third kappa shape index (κ3) is 4.04. The van der Waals surface area contributed by atoms with Gasteiger partial charge < -0.3 is 10.0 Å². The van der Waals surface area contributed by atoms with E-state index in [0.29, 0.717) is 0 Å². The average Bonchev–Trinajstić information content (AvgIpc) is 3.41. The summed E-state index contributed by atoms with van der Waals surface area (Å²) in [5.74, 6) is 7.39. The van der Waals surface area contributed by atoms with Crippen molar-refractivity contribution in [1.82, 2.24) is 4.98 Å². The van der Waals surface area contributed by atoms with Crippen molar-refractivity contribution in [3.05, 3.63) is 46.5 Å². The fourth-order valence-electron chi connectivity index (χ4n) is 4.55. The Kier molecular flexibility index (Phi) is 6.19.